The van der Waals surface area contributed by atoms with Crippen LogP contribution in [0.2, 0.25) is 0 Å². The van der Waals surface area contributed by atoms with Gasteiger partial charge in [-0.2, -0.15) is 0 Å². The number of rotatable bonds is 5. The van der Waals surface area contributed by atoms with E-state index in [1.807, 2.05) is 25.5 Å². The molecule has 1 fully saturated rings. The molecule has 5 rings (SSSR count). The molecule has 0 N–H and O–H groups in total. The van der Waals surface area contributed by atoms with Crippen LogP contribution in [0.3, 0.4) is 0 Å². The van der Waals surface area contributed by atoms with Crippen LogP contribution in [0.5, 0.6) is 0 Å². The van der Waals surface area contributed by atoms with Crippen LogP contribution in [0, 0.1) is 12.7 Å². The van der Waals surface area contributed by atoms with E-state index in [4.69, 9.17) is 4.98 Å². The van der Waals surface area contributed by atoms with Gasteiger partial charge in [-0.1, -0.05) is 0 Å². The molecule has 1 aliphatic rings. The predicted octanol–water partition coefficient (Wildman–Crippen LogP) is 3.69. The third-order valence-corrected chi connectivity index (χ3v) is 5.60. The summed E-state index contributed by atoms with van der Waals surface area (Å²) >= 11 is 0. The highest BCUT2D eigenvalue weighted by Gasteiger charge is 2.28. The van der Waals surface area contributed by atoms with Crippen LogP contribution in [0.4, 0.5) is 4.39 Å². The summed E-state index contributed by atoms with van der Waals surface area (Å²) in [4.78, 5) is 24.4. The molecule has 1 atom stereocenters. The van der Waals surface area contributed by atoms with Gasteiger partial charge in [0.2, 0.25) is 0 Å². The highest BCUT2D eigenvalue weighted by molar-refractivity contribution is 5.76. The average Bonchev–Trinajstić information content (AvgIpc) is 3.44. The van der Waals surface area contributed by atoms with Crippen molar-refractivity contribution in [3.63, 3.8) is 0 Å². The van der Waals surface area contributed by atoms with Gasteiger partial charge < -0.3 is 4.57 Å². The van der Waals surface area contributed by atoms with Gasteiger partial charge in [0.15, 0.2) is 0 Å². The standard InChI is InChI=1S/C23H22FN7/c1-16-10-27-19(11-26-16)12-30-9-7-20(13-30)31-15-29-22(17-2-4-18(24)5-3-17)23(31)21-6-8-25-14-28-21/h2-6,8,10-11,14-15,20H,7,9,12-13H2,1H3. The molecule has 8 heteroatoms. The Balaban J connectivity index is 1.45. The number of hydrogen-bond acceptors (Lipinski definition) is 6. The first kappa shape index (κ1) is 19.4. The monoisotopic (exact) mass is 415 g/mol. The van der Waals surface area contributed by atoms with Crippen LogP contribution in [0.25, 0.3) is 22.6 Å². The second kappa shape index (κ2) is 8.31. The Hall–Kier alpha value is -3.52. The number of aryl methyl sites for hydroxylation is 1. The van der Waals surface area contributed by atoms with Crippen molar-refractivity contribution in [3.8, 4) is 22.6 Å². The van der Waals surface area contributed by atoms with E-state index in [1.54, 1.807) is 24.5 Å². The van der Waals surface area contributed by atoms with Gasteiger partial charge in [-0.25, -0.2) is 19.3 Å². The lowest BCUT2D eigenvalue weighted by Crippen LogP contribution is -2.22. The molecule has 0 saturated carbocycles. The Morgan fingerprint density at radius 3 is 2.65 bits per heavy atom. The maximum Gasteiger partial charge on any atom is 0.123 e. The van der Waals surface area contributed by atoms with E-state index < -0.39 is 0 Å². The SMILES string of the molecule is Cc1cnc(CN2CCC(n3cnc(-c4ccc(F)cc4)c3-c3ccncn3)C2)cn1. The molecule has 156 valence electrons. The van der Waals surface area contributed by atoms with Crippen LogP contribution in [-0.4, -0.2) is 47.5 Å². The molecule has 0 amide bonds. The molecule has 1 saturated heterocycles. The summed E-state index contributed by atoms with van der Waals surface area (Å²) in [5, 5.41) is 0. The van der Waals surface area contributed by atoms with Gasteiger partial charge in [0.1, 0.15) is 12.1 Å². The molecule has 1 aliphatic heterocycles. The lowest BCUT2D eigenvalue weighted by atomic mass is 10.1. The fourth-order valence-electron chi connectivity index (χ4n) is 4.05. The molecular formula is C23H22FN7. The first-order valence-electron chi connectivity index (χ1n) is 10.3. The van der Waals surface area contributed by atoms with Crippen LogP contribution < -0.4 is 0 Å². The maximum atomic E-state index is 13.5. The Kier molecular flexibility index (Phi) is 5.21. The van der Waals surface area contributed by atoms with Crippen molar-refractivity contribution >= 4 is 0 Å². The zero-order chi connectivity index (χ0) is 21.2. The van der Waals surface area contributed by atoms with Crippen LogP contribution in [-0.2, 0) is 6.54 Å². The summed E-state index contributed by atoms with van der Waals surface area (Å²) in [6.45, 7) is 4.56. The number of imidazole rings is 1. The molecule has 0 radical (unpaired) electrons. The minimum atomic E-state index is -0.266. The van der Waals surface area contributed by atoms with Crippen LogP contribution >= 0.6 is 0 Å². The fraction of sp³-hybridized carbons (Fsp3) is 0.261. The van der Waals surface area contributed by atoms with Gasteiger partial charge in [0.25, 0.3) is 0 Å². The first-order valence-corrected chi connectivity index (χ1v) is 10.3. The quantitative estimate of drug-likeness (QED) is 0.495. The minimum absolute atomic E-state index is 0.255. The molecule has 4 heterocycles. The number of benzene rings is 1. The van der Waals surface area contributed by atoms with Gasteiger partial charge in [-0.05, 0) is 43.7 Å². The summed E-state index contributed by atoms with van der Waals surface area (Å²) in [5.41, 5.74) is 5.27. The number of likely N-dealkylation sites (tertiary alicyclic amines) is 1. The Morgan fingerprint density at radius 1 is 1.03 bits per heavy atom. The van der Waals surface area contributed by atoms with E-state index in [0.29, 0.717) is 0 Å². The lowest BCUT2D eigenvalue weighted by molar-refractivity contribution is 0.312. The van der Waals surface area contributed by atoms with E-state index in [-0.39, 0.29) is 11.9 Å². The molecule has 31 heavy (non-hydrogen) atoms. The molecule has 4 aromatic rings. The molecular weight excluding hydrogens is 393 g/mol. The number of nitrogens with zero attached hydrogens (tertiary/aromatic N) is 7. The van der Waals surface area contributed by atoms with E-state index in [9.17, 15) is 4.39 Å². The van der Waals surface area contributed by atoms with E-state index in [0.717, 1.165) is 60.1 Å². The highest BCUT2D eigenvalue weighted by Crippen LogP contribution is 2.35. The van der Waals surface area contributed by atoms with E-state index >= 15 is 0 Å². The minimum Gasteiger partial charge on any atom is -0.324 e. The Bertz CT molecular complexity index is 1160. The molecule has 0 spiro atoms. The molecule has 1 aromatic carbocycles. The number of halogens is 1. The summed E-state index contributed by atoms with van der Waals surface area (Å²) < 4.78 is 15.7. The normalized spacial score (nSPS) is 16.6. The van der Waals surface area contributed by atoms with Crippen molar-refractivity contribution < 1.29 is 4.39 Å². The first-order chi connectivity index (χ1) is 15.2. The summed E-state index contributed by atoms with van der Waals surface area (Å²) in [6, 6.07) is 8.56. The van der Waals surface area contributed by atoms with Crippen LogP contribution in [0.1, 0.15) is 23.9 Å². The van der Waals surface area contributed by atoms with Crippen molar-refractivity contribution in [2.45, 2.75) is 25.9 Å². The topological polar surface area (TPSA) is 72.6 Å². The van der Waals surface area contributed by atoms with Gasteiger partial charge >= 0.3 is 0 Å². The molecule has 3 aromatic heterocycles. The second-order valence-electron chi connectivity index (χ2n) is 7.78. The van der Waals surface area contributed by atoms with Gasteiger partial charge in [0.05, 0.1) is 34.8 Å². The molecule has 1 unspecified atom stereocenters. The van der Waals surface area contributed by atoms with Gasteiger partial charge in [-0.3, -0.25) is 14.9 Å². The van der Waals surface area contributed by atoms with Gasteiger partial charge in [0, 0.05) is 49.8 Å². The predicted molar refractivity (Wildman–Crippen MR) is 114 cm³/mol. The Labute approximate surface area is 179 Å². The fourth-order valence-corrected chi connectivity index (χ4v) is 4.05. The Morgan fingerprint density at radius 2 is 1.90 bits per heavy atom. The van der Waals surface area contributed by atoms with Crippen LogP contribution in [0.15, 0.2) is 61.6 Å². The number of aromatic nitrogens is 6. The van der Waals surface area contributed by atoms with Crippen molar-refractivity contribution in [2.24, 2.45) is 0 Å². The molecule has 0 bridgehead atoms. The summed E-state index contributed by atoms with van der Waals surface area (Å²) in [6.07, 6.45) is 9.79. The summed E-state index contributed by atoms with van der Waals surface area (Å²) in [7, 11) is 0. The largest absolute Gasteiger partial charge is 0.324 e. The summed E-state index contributed by atoms with van der Waals surface area (Å²) in [5.74, 6) is -0.266. The highest BCUT2D eigenvalue weighted by atomic mass is 19.1. The smallest absolute Gasteiger partial charge is 0.123 e. The zero-order valence-electron chi connectivity index (χ0n) is 17.2. The molecule has 7 nitrogen and oxygen atoms in total. The van der Waals surface area contributed by atoms with Gasteiger partial charge in [-0.15, -0.1) is 0 Å². The lowest BCUT2D eigenvalue weighted by Gasteiger charge is -2.18. The van der Waals surface area contributed by atoms with Crippen molar-refractivity contribution in [2.75, 3.05) is 13.1 Å². The number of hydrogen-bond donors (Lipinski definition) is 0. The zero-order valence-corrected chi connectivity index (χ0v) is 17.2. The second-order valence-corrected chi connectivity index (χ2v) is 7.78. The van der Waals surface area contributed by atoms with Crippen molar-refractivity contribution in [3.05, 3.63) is 78.8 Å². The third kappa shape index (κ3) is 4.06. The van der Waals surface area contributed by atoms with E-state index in [2.05, 4.69) is 29.4 Å². The third-order valence-electron chi connectivity index (χ3n) is 5.60. The van der Waals surface area contributed by atoms with Crippen molar-refractivity contribution in [1.82, 2.24) is 34.4 Å². The maximum absolute atomic E-state index is 13.5. The van der Waals surface area contributed by atoms with E-state index in [1.165, 1.54) is 18.5 Å². The average molecular weight is 415 g/mol. The molecule has 0 aliphatic carbocycles. The van der Waals surface area contributed by atoms with Crippen molar-refractivity contribution in [1.29, 1.82) is 0 Å².